The molecule has 86 valence electrons. The Morgan fingerprint density at radius 3 is 2.76 bits per heavy atom. The van der Waals surface area contributed by atoms with E-state index in [1.54, 1.807) is 6.26 Å². The first-order valence-electron chi connectivity index (χ1n) is 6.01. The number of carbonyl (C=O) groups is 1. The lowest BCUT2D eigenvalue weighted by atomic mass is 10.0. The summed E-state index contributed by atoms with van der Waals surface area (Å²) in [6.45, 7) is 2.07. The number of ketones is 1. The summed E-state index contributed by atoms with van der Waals surface area (Å²) in [6, 6.07) is 9.72. The van der Waals surface area contributed by atoms with E-state index in [9.17, 15) is 4.79 Å². The van der Waals surface area contributed by atoms with Crippen molar-refractivity contribution in [3.05, 3.63) is 47.7 Å². The summed E-state index contributed by atoms with van der Waals surface area (Å²) < 4.78 is 5.44. The molecule has 1 heterocycles. The molecular weight excluding hydrogens is 212 g/mol. The topological polar surface area (TPSA) is 30.2 Å². The Balaban J connectivity index is 2.14. The van der Waals surface area contributed by atoms with E-state index in [0.29, 0.717) is 0 Å². The Morgan fingerprint density at radius 2 is 2.06 bits per heavy atom. The van der Waals surface area contributed by atoms with Crippen molar-refractivity contribution in [2.45, 2.75) is 19.8 Å². The van der Waals surface area contributed by atoms with Crippen LogP contribution in [0.2, 0.25) is 0 Å². The molecule has 1 aromatic carbocycles. The van der Waals surface area contributed by atoms with Crippen molar-refractivity contribution in [3.63, 3.8) is 0 Å². The van der Waals surface area contributed by atoms with Crippen LogP contribution in [-0.2, 0) is 6.42 Å². The van der Waals surface area contributed by atoms with E-state index in [4.69, 9.17) is 4.42 Å². The average Bonchev–Trinajstić information content (AvgIpc) is 2.97. The Bertz CT molecular complexity index is 552. The Hall–Kier alpha value is -1.83. The van der Waals surface area contributed by atoms with Gasteiger partial charge in [0.2, 0.25) is 0 Å². The lowest BCUT2D eigenvalue weighted by Crippen LogP contribution is -2.06. The average molecular weight is 226 g/mol. The normalized spacial score (nSPS) is 18.4. The monoisotopic (exact) mass is 226 g/mol. The van der Waals surface area contributed by atoms with Crippen LogP contribution in [0.5, 0.6) is 0 Å². The summed E-state index contributed by atoms with van der Waals surface area (Å²) in [6.07, 6.45) is 3.43. The van der Waals surface area contributed by atoms with Crippen LogP contribution in [0.3, 0.4) is 0 Å². The summed E-state index contributed by atoms with van der Waals surface area (Å²) in [5.41, 5.74) is 3.10. The van der Waals surface area contributed by atoms with Crippen molar-refractivity contribution in [1.29, 1.82) is 0 Å². The molecule has 0 aliphatic heterocycles. The number of benzene rings is 1. The Kier molecular flexibility index (Phi) is 2.36. The molecule has 0 N–H and O–H groups in total. The molecule has 0 saturated carbocycles. The van der Waals surface area contributed by atoms with Gasteiger partial charge in [-0.15, -0.1) is 0 Å². The fourth-order valence-corrected chi connectivity index (χ4v) is 2.59. The Labute approximate surface area is 100 Å². The summed E-state index contributed by atoms with van der Waals surface area (Å²) in [5.74, 6) is 1.29. The number of furan rings is 1. The van der Waals surface area contributed by atoms with Gasteiger partial charge < -0.3 is 4.42 Å². The van der Waals surface area contributed by atoms with Crippen LogP contribution in [0, 0.1) is 5.92 Å². The van der Waals surface area contributed by atoms with Crippen molar-refractivity contribution in [1.82, 2.24) is 0 Å². The maximum absolute atomic E-state index is 12.1. The number of rotatable bonds is 2. The summed E-state index contributed by atoms with van der Waals surface area (Å²) in [5, 5.41) is 0. The van der Waals surface area contributed by atoms with Gasteiger partial charge >= 0.3 is 0 Å². The molecule has 1 aliphatic carbocycles. The van der Waals surface area contributed by atoms with Crippen LogP contribution in [0.1, 0.15) is 29.3 Å². The first kappa shape index (κ1) is 10.3. The number of Topliss-reactive ketones (excluding diaryl/α,β-unsaturated/α-hetero) is 1. The van der Waals surface area contributed by atoms with Crippen LogP contribution >= 0.6 is 0 Å². The third kappa shape index (κ3) is 1.52. The van der Waals surface area contributed by atoms with Crippen molar-refractivity contribution >= 4 is 5.78 Å². The Morgan fingerprint density at radius 1 is 1.24 bits per heavy atom. The van der Waals surface area contributed by atoms with E-state index in [1.165, 1.54) is 0 Å². The number of carbonyl (C=O) groups excluding carboxylic acids is 1. The second kappa shape index (κ2) is 3.88. The van der Waals surface area contributed by atoms with E-state index in [0.717, 1.165) is 35.3 Å². The van der Waals surface area contributed by atoms with Crippen LogP contribution in [0.25, 0.3) is 11.3 Å². The van der Waals surface area contributed by atoms with Crippen molar-refractivity contribution in [2.24, 2.45) is 5.92 Å². The second-order valence-electron chi connectivity index (χ2n) is 4.48. The molecule has 2 heteroatoms. The van der Waals surface area contributed by atoms with Gasteiger partial charge in [0.05, 0.1) is 6.26 Å². The van der Waals surface area contributed by atoms with E-state index < -0.39 is 0 Å². The van der Waals surface area contributed by atoms with Gasteiger partial charge in [-0.05, 0) is 30.5 Å². The zero-order valence-electron chi connectivity index (χ0n) is 9.77. The summed E-state index contributed by atoms with van der Waals surface area (Å²) >= 11 is 0. The molecular formula is C15H14O2. The smallest absolute Gasteiger partial charge is 0.166 e. The fraction of sp³-hybridized carbons (Fsp3) is 0.267. The maximum Gasteiger partial charge on any atom is 0.166 e. The first-order valence-corrected chi connectivity index (χ1v) is 6.01. The van der Waals surface area contributed by atoms with E-state index in [-0.39, 0.29) is 11.7 Å². The zero-order valence-corrected chi connectivity index (χ0v) is 9.77. The lowest BCUT2D eigenvalue weighted by molar-refractivity contribution is 0.0934. The van der Waals surface area contributed by atoms with Crippen LogP contribution in [0.15, 0.2) is 41.0 Å². The molecule has 1 aliphatic rings. The molecule has 17 heavy (non-hydrogen) atoms. The predicted octanol–water partition coefficient (Wildman–Crippen LogP) is 3.71. The first-order chi connectivity index (χ1) is 8.31. The molecule has 1 aromatic heterocycles. The fourth-order valence-electron chi connectivity index (χ4n) is 2.59. The molecule has 0 bridgehead atoms. The summed E-state index contributed by atoms with van der Waals surface area (Å²) in [4.78, 5) is 12.1. The minimum atomic E-state index is 0.154. The van der Waals surface area contributed by atoms with E-state index >= 15 is 0 Å². The number of hydrogen-bond donors (Lipinski definition) is 0. The highest BCUT2D eigenvalue weighted by atomic mass is 16.3. The number of fused-ring (bicyclic) bond motifs is 1. The third-order valence-corrected chi connectivity index (χ3v) is 3.54. The van der Waals surface area contributed by atoms with E-state index in [1.807, 2.05) is 30.3 Å². The molecule has 0 spiro atoms. The predicted molar refractivity (Wildman–Crippen MR) is 66.0 cm³/mol. The largest absolute Gasteiger partial charge is 0.464 e. The van der Waals surface area contributed by atoms with Gasteiger partial charge in [-0.1, -0.05) is 25.1 Å². The lowest BCUT2D eigenvalue weighted by Gasteiger charge is -2.04. The van der Waals surface area contributed by atoms with Gasteiger partial charge in [-0.2, -0.15) is 0 Å². The van der Waals surface area contributed by atoms with Crippen LogP contribution in [-0.4, -0.2) is 5.78 Å². The van der Waals surface area contributed by atoms with Crippen molar-refractivity contribution in [3.8, 4) is 11.3 Å². The molecule has 0 saturated heterocycles. The van der Waals surface area contributed by atoms with Crippen molar-refractivity contribution < 1.29 is 9.21 Å². The maximum atomic E-state index is 12.1. The molecule has 3 rings (SSSR count). The van der Waals surface area contributed by atoms with Gasteiger partial charge in [0.25, 0.3) is 0 Å². The van der Waals surface area contributed by atoms with Gasteiger partial charge in [-0.25, -0.2) is 0 Å². The minimum Gasteiger partial charge on any atom is -0.464 e. The second-order valence-corrected chi connectivity index (χ2v) is 4.48. The van der Waals surface area contributed by atoms with Gasteiger partial charge in [0, 0.05) is 17.0 Å². The molecule has 0 amide bonds. The molecule has 1 unspecified atom stereocenters. The molecule has 1 atom stereocenters. The van der Waals surface area contributed by atoms with E-state index in [2.05, 4.69) is 6.92 Å². The van der Waals surface area contributed by atoms with Gasteiger partial charge in [0.1, 0.15) is 5.76 Å². The minimum absolute atomic E-state index is 0.154. The van der Waals surface area contributed by atoms with Crippen LogP contribution < -0.4 is 0 Å². The SMILES string of the molecule is CCC1Cc2c(cccc2-c2ccco2)C1=O. The highest BCUT2D eigenvalue weighted by molar-refractivity contribution is 6.03. The van der Waals surface area contributed by atoms with Crippen LogP contribution in [0.4, 0.5) is 0 Å². The molecule has 2 aromatic rings. The molecule has 0 fully saturated rings. The highest BCUT2D eigenvalue weighted by Gasteiger charge is 2.31. The van der Waals surface area contributed by atoms with Gasteiger partial charge in [-0.3, -0.25) is 4.79 Å². The highest BCUT2D eigenvalue weighted by Crippen LogP contribution is 2.36. The molecule has 2 nitrogen and oxygen atoms in total. The summed E-state index contributed by atoms with van der Waals surface area (Å²) in [7, 11) is 0. The standard InChI is InChI=1S/C15H14O2/c1-2-10-9-13-11(14-7-4-8-17-14)5-3-6-12(13)15(10)16/h3-8,10H,2,9H2,1H3. The number of hydrogen-bond acceptors (Lipinski definition) is 2. The molecule has 0 radical (unpaired) electrons. The third-order valence-electron chi connectivity index (χ3n) is 3.54. The zero-order chi connectivity index (χ0) is 11.8. The van der Waals surface area contributed by atoms with Gasteiger partial charge in [0.15, 0.2) is 5.78 Å². The van der Waals surface area contributed by atoms with Crippen molar-refractivity contribution in [2.75, 3.05) is 0 Å². The quantitative estimate of drug-likeness (QED) is 0.781.